The Labute approximate surface area is 208 Å². The van der Waals surface area contributed by atoms with Crippen LogP contribution in [-0.4, -0.2) is 35.7 Å². The number of nitrogens with zero attached hydrogens (tertiary/aromatic N) is 2. The van der Waals surface area contributed by atoms with Crippen molar-refractivity contribution in [2.24, 2.45) is 4.99 Å². The maximum atomic E-state index is 13.5. The van der Waals surface area contributed by atoms with Gasteiger partial charge in [-0.15, -0.1) is 0 Å². The minimum atomic E-state index is 0.0238. The molecule has 2 aromatic rings. The lowest BCUT2D eigenvalue weighted by molar-refractivity contribution is -0.123. The Morgan fingerprint density at radius 3 is 2.64 bits per heavy atom. The first-order valence-corrected chi connectivity index (χ1v) is 13.1. The van der Waals surface area contributed by atoms with E-state index < -0.39 is 0 Å². The van der Waals surface area contributed by atoms with E-state index in [9.17, 15) is 4.79 Å². The highest BCUT2D eigenvalue weighted by Gasteiger charge is 2.39. The lowest BCUT2D eigenvalue weighted by Gasteiger charge is -2.22. The summed E-state index contributed by atoms with van der Waals surface area (Å²) in [4.78, 5) is 20.9. The number of amides is 1. The van der Waals surface area contributed by atoms with Crippen LogP contribution in [0.2, 0.25) is 0 Å². The van der Waals surface area contributed by atoms with Crippen LogP contribution in [0.15, 0.2) is 56.8 Å². The Hall–Kier alpha value is -2.25. The molecule has 5 nitrogen and oxygen atoms in total. The molecule has 2 aromatic carbocycles. The average Bonchev–Trinajstić information content (AvgIpc) is 3.44. The summed E-state index contributed by atoms with van der Waals surface area (Å²) in [6.45, 7) is 2.77. The summed E-state index contributed by atoms with van der Waals surface area (Å²) in [5.41, 5.74) is 1.73. The van der Waals surface area contributed by atoms with E-state index in [0.29, 0.717) is 23.0 Å². The quantitative estimate of drug-likeness (QED) is 0.269. The molecule has 33 heavy (non-hydrogen) atoms. The van der Waals surface area contributed by atoms with E-state index in [-0.39, 0.29) is 11.9 Å². The molecule has 1 saturated carbocycles. The lowest BCUT2D eigenvalue weighted by Crippen LogP contribution is -2.37. The van der Waals surface area contributed by atoms with Gasteiger partial charge in [-0.05, 0) is 66.9 Å². The SMILES string of the molecule is CCCCOc1cc(Br)c(/C=C2\SC(=Nc3ccccc3)N(C3CCCC3)C2=O)cc1OC. The molecule has 1 aliphatic heterocycles. The van der Waals surface area contributed by atoms with Crippen molar-refractivity contribution in [3.63, 3.8) is 0 Å². The highest BCUT2D eigenvalue weighted by molar-refractivity contribution is 9.10. The molecule has 1 heterocycles. The predicted octanol–water partition coefficient (Wildman–Crippen LogP) is 7.18. The predicted molar refractivity (Wildman–Crippen MR) is 139 cm³/mol. The van der Waals surface area contributed by atoms with Crippen LogP contribution < -0.4 is 9.47 Å². The third kappa shape index (κ3) is 5.64. The van der Waals surface area contributed by atoms with Crippen LogP contribution in [0.3, 0.4) is 0 Å². The fourth-order valence-electron chi connectivity index (χ4n) is 4.06. The molecule has 1 aliphatic carbocycles. The third-order valence-corrected chi connectivity index (χ3v) is 7.50. The van der Waals surface area contributed by atoms with Crippen molar-refractivity contribution < 1.29 is 14.3 Å². The molecule has 2 fully saturated rings. The van der Waals surface area contributed by atoms with Gasteiger partial charge in [-0.25, -0.2) is 4.99 Å². The normalized spacial score (nSPS) is 19.1. The average molecular weight is 530 g/mol. The van der Waals surface area contributed by atoms with Crippen LogP contribution in [-0.2, 0) is 4.79 Å². The Balaban J connectivity index is 1.66. The van der Waals surface area contributed by atoms with E-state index in [2.05, 4.69) is 22.9 Å². The van der Waals surface area contributed by atoms with Gasteiger partial charge in [0.25, 0.3) is 5.91 Å². The number of hydrogen-bond donors (Lipinski definition) is 0. The van der Waals surface area contributed by atoms with Crippen molar-refractivity contribution in [2.45, 2.75) is 51.5 Å². The zero-order valence-corrected chi connectivity index (χ0v) is 21.5. The van der Waals surface area contributed by atoms with Crippen LogP contribution >= 0.6 is 27.7 Å². The number of methoxy groups -OCH3 is 1. The number of carbonyl (C=O) groups is 1. The second-order valence-corrected chi connectivity index (χ2v) is 10.0. The number of amidine groups is 1. The number of halogens is 1. The van der Waals surface area contributed by atoms with Gasteiger partial charge in [0.15, 0.2) is 16.7 Å². The highest BCUT2D eigenvalue weighted by Crippen LogP contribution is 2.41. The summed E-state index contributed by atoms with van der Waals surface area (Å²) in [6.07, 6.45) is 8.32. The van der Waals surface area contributed by atoms with Gasteiger partial charge in [-0.1, -0.05) is 60.3 Å². The number of benzene rings is 2. The molecule has 0 atom stereocenters. The van der Waals surface area contributed by atoms with E-state index in [1.54, 1.807) is 7.11 Å². The van der Waals surface area contributed by atoms with Crippen LogP contribution in [0.5, 0.6) is 11.5 Å². The highest BCUT2D eigenvalue weighted by atomic mass is 79.9. The number of ether oxygens (including phenoxy) is 2. The van der Waals surface area contributed by atoms with Gasteiger partial charge in [0.05, 0.1) is 24.3 Å². The number of unbranched alkanes of at least 4 members (excludes halogenated alkanes) is 1. The number of rotatable bonds is 8. The topological polar surface area (TPSA) is 51.1 Å². The second kappa shape index (κ2) is 11.3. The second-order valence-electron chi connectivity index (χ2n) is 8.18. The number of carbonyl (C=O) groups excluding carboxylic acids is 1. The van der Waals surface area contributed by atoms with Gasteiger partial charge in [-0.3, -0.25) is 9.69 Å². The first-order valence-electron chi connectivity index (χ1n) is 11.5. The van der Waals surface area contributed by atoms with Crippen LogP contribution in [0.25, 0.3) is 6.08 Å². The zero-order chi connectivity index (χ0) is 23.2. The first kappa shape index (κ1) is 23.9. The number of thioether (sulfide) groups is 1. The fraction of sp³-hybridized carbons (Fsp3) is 0.385. The molecule has 1 saturated heterocycles. The van der Waals surface area contributed by atoms with Crippen molar-refractivity contribution in [3.8, 4) is 11.5 Å². The molecule has 7 heteroatoms. The van der Waals surface area contributed by atoms with Crippen molar-refractivity contribution in [3.05, 3.63) is 57.4 Å². The van der Waals surface area contributed by atoms with Crippen LogP contribution in [0.1, 0.15) is 51.0 Å². The fourth-order valence-corrected chi connectivity index (χ4v) is 5.55. The molecule has 0 unspecified atom stereocenters. The summed E-state index contributed by atoms with van der Waals surface area (Å²) >= 11 is 5.09. The molecule has 0 spiro atoms. The first-order chi connectivity index (χ1) is 16.1. The van der Waals surface area contributed by atoms with Gasteiger partial charge in [-0.2, -0.15) is 0 Å². The Morgan fingerprint density at radius 2 is 1.94 bits per heavy atom. The number of aliphatic imine (C=N–C) groups is 1. The van der Waals surface area contributed by atoms with Gasteiger partial charge >= 0.3 is 0 Å². The van der Waals surface area contributed by atoms with E-state index in [1.807, 2.05) is 53.4 Å². The standard InChI is InChI=1S/C26H29BrN2O3S/c1-3-4-14-32-23-17-21(27)18(15-22(23)31-2)16-24-25(30)29(20-12-8-9-13-20)26(33-24)28-19-10-6-5-7-11-19/h5-7,10-11,15-17,20H,3-4,8-9,12-14H2,1-2H3/b24-16-,28-26?. The monoisotopic (exact) mass is 528 g/mol. The minimum Gasteiger partial charge on any atom is -0.493 e. The summed E-state index contributed by atoms with van der Waals surface area (Å²) in [6, 6.07) is 13.9. The van der Waals surface area contributed by atoms with Crippen LogP contribution in [0.4, 0.5) is 5.69 Å². The number of hydrogen-bond acceptors (Lipinski definition) is 5. The molecule has 0 N–H and O–H groups in total. The molecular weight excluding hydrogens is 500 g/mol. The molecular formula is C26H29BrN2O3S. The summed E-state index contributed by atoms with van der Waals surface area (Å²) < 4.78 is 12.3. The molecule has 1 amide bonds. The maximum absolute atomic E-state index is 13.5. The largest absolute Gasteiger partial charge is 0.493 e. The Kier molecular flexibility index (Phi) is 8.15. The van der Waals surface area contributed by atoms with Crippen molar-refractivity contribution in [1.29, 1.82) is 0 Å². The zero-order valence-electron chi connectivity index (χ0n) is 19.1. The van der Waals surface area contributed by atoms with Crippen molar-refractivity contribution >= 4 is 50.5 Å². The summed E-state index contributed by atoms with van der Waals surface area (Å²) in [7, 11) is 1.63. The third-order valence-electron chi connectivity index (χ3n) is 5.83. The molecule has 2 aliphatic rings. The van der Waals surface area contributed by atoms with Gasteiger partial charge in [0.1, 0.15) is 0 Å². The minimum absolute atomic E-state index is 0.0238. The molecule has 0 bridgehead atoms. The Bertz CT molecular complexity index is 1050. The molecule has 0 aromatic heterocycles. The maximum Gasteiger partial charge on any atom is 0.267 e. The van der Waals surface area contributed by atoms with Gasteiger partial charge in [0.2, 0.25) is 0 Å². The Morgan fingerprint density at radius 1 is 1.18 bits per heavy atom. The smallest absolute Gasteiger partial charge is 0.267 e. The van der Waals surface area contributed by atoms with Gasteiger partial charge < -0.3 is 9.47 Å². The van der Waals surface area contributed by atoms with E-state index in [0.717, 1.165) is 59.4 Å². The summed E-state index contributed by atoms with van der Waals surface area (Å²) in [5, 5.41) is 0.756. The van der Waals surface area contributed by atoms with E-state index >= 15 is 0 Å². The molecule has 174 valence electrons. The van der Waals surface area contributed by atoms with E-state index in [4.69, 9.17) is 14.5 Å². The number of para-hydroxylation sites is 1. The molecule has 4 rings (SSSR count). The van der Waals surface area contributed by atoms with Gasteiger partial charge in [0, 0.05) is 10.5 Å². The lowest BCUT2D eigenvalue weighted by atomic mass is 10.1. The summed E-state index contributed by atoms with van der Waals surface area (Å²) in [5.74, 6) is 1.38. The molecule has 0 radical (unpaired) electrons. The van der Waals surface area contributed by atoms with Crippen molar-refractivity contribution in [2.75, 3.05) is 13.7 Å². The van der Waals surface area contributed by atoms with Crippen LogP contribution in [0, 0.1) is 0 Å². The van der Waals surface area contributed by atoms with Crippen molar-refractivity contribution in [1.82, 2.24) is 4.90 Å². The van der Waals surface area contributed by atoms with E-state index in [1.165, 1.54) is 11.8 Å².